The van der Waals surface area contributed by atoms with Gasteiger partial charge in [-0.25, -0.2) is 0 Å². The first-order chi connectivity index (χ1) is 10.9. The fourth-order valence-corrected chi connectivity index (χ4v) is 2.87. The van der Waals surface area contributed by atoms with E-state index in [1.54, 1.807) is 13.8 Å². The van der Waals surface area contributed by atoms with E-state index >= 15 is 0 Å². The predicted molar refractivity (Wildman–Crippen MR) is 105 cm³/mol. The molecule has 0 N–H and O–H groups in total. The number of nitrogens with zero attached hydrogens (tertiary/aromatic N) is 2. The summed E-state index contributed by atoms with van der Waals surface area (Å²) in [5.74, 6) is 2.07. The number of hydrogen-bond donors (Lipinski definition) is 0. The molecule has 0 bridgehead atoms. The van der Waals surface area contributed by atoms with Crippen LogP contribution >= 0.6 is 0 Å². The molecule has 2 atom stereocenters. The van der Waals surface area contributed by atoms with Crippen molar-refractivity contribution in [3.8, 4) is 0 Å². The van der Waals surface area contributed by atoms with Crippen molar-refractivity contribution in [1.29, 1.82) is 0 Å². The van der Waals surface area contributed by atoms with E-state index in [0.29, 0.717) is 0 Å². The van der Waals surface area contributed by atoms with Gasteiger partial charge in [0.2, 0.25) is 0 Å². The summed E-state index contributed by atoms with van der Waals surface area (Å²) in [7, 11) is 9.35. The van der Waals surface area contributed by atoms with Gasteiger partial charge in [-0.05, 0) is 53.4 Å². The Morgan fingerprint density at radius 1 is 0.720 bits per heavy atom. The highest BCUT2D eigenvalue weighted by Crippen LogP contribution is 2.37. The molecule has 2 aliphatic carbocycles. The predicted octanol–water partition coefficient (Wildman–Crippen LogP) is 0.522. The topological polar surface area (TPSA) is 23.1 Å². The molecule has 0 radical (unpaired) electrons. The van der Waals surface area contributed by atoms with Crippen LogP contribution < -0.4 is 17.5 Å². The highest BCUT2D eigenvalue weighted by Gasteiger charge is 2.38. The van der Waals surface area contributed by atoms with Crippen molar-refractivity contribution in [2.24, 2.45) is 11.8 Å². The summed E-state index contributed by atoms with van der Waals surface area (Å²) in [6, 6.07) is 1.76. The van der Waals surface area contributed by atoms with Crippen LogP contribution in [0, 0.1) is 11.8 Å². The second-order valence-corrected chi connectivity index (χ2v) is 9.39. The molecule has 0 spiro atoms. The zero-order valence-electron chi connectivity index (χ0n) is 18.8. The minimum atomic E-state index is -0.417. The first-order valence-corrected chi connectivity index (χ1v) is 10.2. The first-order valence-electron chi connectivity index (χ1n) is 10.2. The van der Waals surface area contributed by atoms with Gasteiger partial charge in [0.1, 0.15) is 0 Å². The Bertz CT molecular complexity index is 304. The lowest BCUT2D eigenvalue weighted by Gasteiger charge is -2.35. The van der Waals surface area contributed by atoms with Crippen LogP contribution in [-0.4, -0.2) is 68.4 Å². The molecule has 0 aromatic rings. The Hall–Kier alpha value is 0.170. The van der Waals surface area contributed by atoms with Crippen molar-refractivity contribution in [1.82, 2.24) is 0 Å². The zero-order valence-corrected chi connectivity index (χ0v) is 19.6. The largest absolute Gasteiger partial charge is 1.00 e. The maximum atomic E-state index is 9.53. The highest BCUT2D eigenvalue weighted by atomic mass is 35.5. The van der Waals surface area contributed by atoms with E-state index in [2.05, 4.69) is 55.9 Å². The van der Waals surface area contributed by atoms with E-state index < -0.39 is 6.10 Å². The van der Waals surface area contributed by atoms with Crippen molar-refractivity contribution in [3.63, 3.8) is 0 Å². The average Bonchev–Trinajstić information content (AvgIpc) is 3.38. The smallest absolute Gasteiger partial charge is 0.0886 e. The SMILES string of the molecule is CC(C)[O-].CC[N+](C)(C)C(C)C1CC1.CC[N+](C)(C)C(C)C1CC1.[Cl-]. The van der Waals surface area contributed by atoms with Crippen molar-refractivity contribution in [2.75, 3.05) is 41.3 Å². The van der Waals surface area contributed by atoms with Crippen molar-refractivity contribution < 1.29 is 26.5 Å². The monoisotopic (exact) mass is 378 g/mol. The Labute approximate surface area is 165 Å². The van der Waals surface area contributed by atoms with Gasteiger partial charge in [0.15, 0.2) is 0 Å². The molecular formula is C21H47ClN2O. The Balaban J connectivity index is 0. The number of rotatable bonds is 6. The molecule has 2 saturated carbocycles. The van der Waals surface area contributed by atoms with Crippen LogP contribution in [-0.2, 0) is 0 Å². The van der Waals surface area contributed by atoms with Gasteiger partial charge in [0.05, 0.1) is 53.4 Å². The highest BCUT2D eigenvalue weighted by molar-refractivity contribution is 4.79. The maximum absolute atomic E-state index is 9.53. The molecule has 25 heavy (non-hydrogen) atoms. The van der Waals surface area contributed by atoms with Gasteiger partial charge in [-0.2, -0.15) is 0 Å². The van der Waals surface area contributed by atoms with Crippen LogP contribution in [0.2, 0.25) is 0 Å². The molecule has 0 heterocycles. The Morgan fingerprint density at radius 2 is 0.920 bits per heavy atom. The number of halogens is 1. The molecule has 0 aromatic heterocycles. The summed E-state index contributed by atoms with van der Waals surface area (Å²) >= 11 is 0. The van der Waals surface area contributed by atoms with Crippen LogP contribution in [0.4, 0.5) is 0 Å². The molecule has 3 nitrogen and oxygen atoms in total. The van der Waals surface area contributed by atoms with Gasteiger partial charge in [-0.15, -0.1) is 6.10 Å². The molecule has 2 aliphatic rings. The van der Waals surface area contributed by atoms with Crippen molar-refractivity contribution in [3.05, 3.63) is 0 Å². The summed E-state index contributed by atoms with van der Waals surface area (Å²) in [5, 5.41) is 9.53. The quantitative estimate of drug-likeness (QED) is 0.618. The van der Waals surface area contributed by atoms with E-state index in [4.69, 9.17) is 0 Å². The van der Waals surface area contributed by atoms with Crippen molar-refractivity contribution >= 4 is 0 Å². The Kier molecular flexibility index (Phi) is 12.9. The maximum Gasteiger partial charge on any atom is 0.0886 e. The summed E-state index contributed by atoms with van der Waals surface area (Å²) in [6.45, 7) is 15.1. The van der Waals surface area contributed by atoms with E-state index in [-0.39, 0.29) is 12.4 Å². The molecule has 0 saturated heterocycles. The van der Waals surface area contributed by atoms with Gasteiger partial charge in [-0.3, -0.25) is 0 Å². The van der Waals surface area contributed by atoms with Crippen LogP contribution in [0.3, 0.4) is 0 Å². The second kappa shape index (κ2) is 11.8. The lowest BCUT2D eigenvalue weighted by Crippen LogP contribution is -3.00. The second-order valence-electron chi connectivity index (χ2n) is 9.39. The van der Waals surface area contributed by atoms with Crippen LogP contribution in [0.15, 0.2) is 0 Å². The lowest BCUT2D eigenvalue weighted by molar-refractivity contribution is -0.913. The molecule has 0 aliphatic heterocycles. The number of hydrogen-bond acceptors (Lipinski definition) is 1. The molecule has 0 amide bonds. The fraction of sp³-hybridized carbons (Fsp3) is 1.00. The standard InChI is InChI=1S/2C9H20N.C3H7O.ClH/c2*1-5-10(3,4)8(2)9-6-7-9;1-3(2)4;/h2*8-9H,5-7H2,1-4H3;3H,1-2H3;1H/q2*+1;-1;/p-1. The summed E-state index contributed by atoms with van der Waals surface area (Å²) in [4.78, 5) is 0. The lowest BCUT2D eigenvalue weighted by atomic mass is 10.1. The molecule has 2 unspecified atom stereocenters. The normalized spacial score (nSPS) is 19.7. The molecule has 0 aromatic carbocycles. The third-order valence-corrected chi connectivity index (χ3v) is 6.44. The zero-order chi connectivity index (χ0) is 19.1. The van der Waals surface area contributed by atoms with Crippen molar-refractivity contribution in [2.45, 2.75) is 85.4 Å². The van der Waals surface area contributed by atoms with Gasteiger partial charge < -0.3 is 26.5 Å². The van der Waals surface area contributed by atoms with Gasteiger partial charge in [-0.1, -0.05) is 13.8 Å². The minimum absolute atomic E-state index is 0. The minimum Gasteiger partial charge on any atom is -1.00 e. The third-order valence-electron chi connectivity index (χ3n) is 6.44. The van der Waals surface area contributed by atoms with Crippen LogP contribution in [0.1, 0.15) is 67.2 Å². The summed E-state index contributed by atoms with van der Waals surface area (Å²) in [5.41, 5.74) is 0. The molecule has 2 fully saturated rings. The summed E-state index contributed by atoms with van der Waals surface area (Å²) < 4.78 is 2.40. The molecule has 154 valence electrons. The van der Waals surface area contributed by atoms with E-state index in [1.807, 2.05) is 0 Å². The van der Waals surface area contributed by atoms with E-state index in [1.165, 1.54) is 47.7 Å². The van der Waals surface area contributed by atoms with Crippen LogP contribution in [0.25, 0.3) is 0 Å². The molecular weight excluding hydrogens is 332 g/mol. The van der Waals surface area contributed by atoms with Gasteiger partial charge in [0.25, 0.3) is 0 Å². The van der Waals surface area contributed by atoms with E-state index in [9.17, 15) is 5.11 Å². The first kappa shape index (κ1) is 27.4. The van der Waals surface area contributed by atoms with Gasteiger partial charge >= 0.3 is 0 Å². The third kappa shape index (κ3) is 11.5. The van der Waals surface area contributed by atoms with Gasteiger partial charge in [0, 0.05) is 11.8 Å². The average molecular weight is 379 g/mol. The van der Waals surface area contributed by atoms with Crippen LogP contribution in [0.5, 0.6) is 0 Å². The number of quaternary nitrogens is 2. The fourth-order valence-electron chi connectivity index (χ4n) is 2.87. The molecule has 2 rings (SSSR count). The Morgan fingerprint density at radius 3 is 1.04 bits per heavy atom. The molecule has 4 heteroatoms. The summed E-state index contributed by atoms with van der Waals surface area (Å²) in [6.07, 6.45) is 5.48. The van der Waals surface area contributed by atoms with E-state index in [0.717, 1.165) is 23.9 Å².